The van der Waals surface area contributed by atoms with Crippen molar-refractivity contribution in [3.8, 4) is 16.3 Å². The number of carboxylic acids is 1. The number of para-hydroxylation sites is 1. The SMILES string of the molecule is CC[C@H](C)[C@H](NC(=O)C1CCC(NC(=O)c2cn(-c3ccccc3)nc2-c2ccc(Br)s2)CC1)C(=O)O. The summed E-state index contributed by atoms with van der Waals surface area (Å²) >= 11 is 5.01. The lowest BCUT2D eigenvalue weighted by Crippen LogP contribution is -2.48. The number of hydrogen-bond donors (Lipinski definition) is 3. The number of nitrogens with one attached hydrogen (secondary N) is 2. The second-order valence-corrected chi connectivity index (χ2v) is 12.0. The molecule has 2 atom stereocenters. The molecule has 1 saturated carbocycles. The molecule has 3 N–H and O–H groups in total. The standard InChI is InChI=1S/C27H31BrN4O4S/c1-3-16(2)23(27(35)36)30-25(33)17-9-11-18(12-10-17)29-26(34)20-15-32(19-7-5-4-6-8-19)31-24(20)21-13-14-22(28)37-21/h4-8,13-18,23H,3,9-12H2,1-2H3,(H,29,34)(H,30,33)(H,35,36)/t16-,17?,18?,23-/m0/s1. The van der Waals surface area contributed by atoms with Crippen molar-refractivity contribution in [1.29, 1.82) is 0 Å². The van der Waals surface area contributed by atoms with Gasteiger partial charge in [0.2, 0.25) is 5.91 Å². The fraction of sp³-hybridized carbons (Fsp3) is 0.407. The predicted molar refractivity (Wildman–Crippen MR) is 147 cm³/mol. The van der Waals surface area contributed by atoms with Gasteiger partial charge < -0.3 is 15.7 Å². The van der Waals surface area contributed by atoms with E-state index in [0.717, 1.165) is 14.4 Å². The summed E-state index contributed by atoms with van der Waals surface area (Å²) in [6.07, 6.45) is 4.92. The first-order valence-corrected chi connectivity index (χ1v) is 14.1. The van der Waals surface area contributed by atoms with Gasteiger partial charge in [-0.15, -0.1) is 11.3 Å². The number of halogens is 1. The second-order valence-electron chi connectivity index (χ2n) is 9.51. The molecule has 1 aliphatic rings. The van der Waals surface area contributed by atoms with Crippen LogP contribution in [-0.2, 0) is 9.59 Å². The lowest BCUT2D eigenvalue weighted by Gasteiger charge is -2.30. The van der Waals surface area contributed by atoms with Gasteiger partial charge in [0.05, 0.1) is 19.9 Å². The first-order chi connectivity index (χ1) is 17.8. The molecule has 0 bridgehead atoms. The molecule has 0 saturated heterocycles. The molecule has 0 radical (unpaired) electrons. The number of amides is 2. The second kappa shape index (κ2) is 12.0. The third-order valence-corrected chi connectivity index (χ3v) is 8.63. The molecule has 196 valence electrons. The molecule has 4 rings (SSSR count). The number of hydrogen-bond acceptors (Lipinski definition) is 5. The zero-order chi connectivity index (χ0) is 26.5. The van der Waals surface area contributed by atoms with Crippen LogP contribution in [0.3, 0.4) is 0 Å². The van der Waals surface area contributed by atoms with Crippen LogP contribution in [0.1, 0.15) is 56.3 Å². The van der Waals surface area contributed by atoms with Crippen molar-refractivity contribution in [1.82, 2.24) is 20.4 Å². The van der Waals surface area contributed by atoms with E-state index in [1.54, 1.807) is 10.9 Å². The van der Waals surface area contributed by atoms with E-state index < -0.39 is 12.0 Å². The van der Waals surface area contributed by atoms with Crippen molar-refractivity contribution < 1.29 is 19.5 Å². The third kappa shape index (κ3) is 6.48. The Balaban J connectivity index is 1.42. The molecule has 0 unspecified atom stereocenters. The molecule has 3 aromatic rings. The first kappa shape index (κ1) is 27.1. The number of rotatable bonds is 9. The van der Waals surface area contributed by atoms with Crippen LogP contribution in [0.5, 0.6) is 0 Å². The van der Waals surface area contributed by atoms with E-state index in [0.29, 0.717) is 43.4 Å². The topological polar surface area (TPSA) is 113 Å². The quantitative estimate of drug-likeness (QED) is 0.316. The lowest BCUT2D eigenvalue weighted by atomic mass is 9.85. The Bertz CT molecular complexity index is 1250. The highest BCUT2D eigenvalue weighted by atomic mass is 79.9. The van der Waals surface area contributed by atoms with Crippen molar-refractivity contribution in [2.45, 2.75) is 58.0 Å². The van der Waals surface area contributed by atoms with Gasteiger partial charge in [-0.2, -0.15) is 5.10 Å². The number of benzene rings is 1. The van der Waals surface area contributed by atoms with Crippen LogP contribution in [0.15, 0.2) is 52.4 Å². The Kier molecular flexibility index (Phi) is 8.81. The van der Waals surface area contributed by atoms with Crippen LogP contribution in [0.25, 0.3) is 16.3 Å². The zero-order valence-corrected chi connectivity index (χ0v) is 23.2. The average molecular weight is 588 g/mol. The van der Waals surface area contributed by atoms with Crippen LogP contribution < -0.4 is 10.6 Å². The number of thiophene rings is 1. The number of carbonyl (C=O) groups excluding carboxylic acids is 2. The minimum absolute atomic E-state index is 0.0654. The molecule has 37 heavy (non-hydrogen) atoms. The summed E-state index contributed by atoms with van der Waals surface area (Å²) in [6, 6.07) is 12.6. The van der Waals surface area contributed by atoms with Crippen molar-refractivity contribution in [2.24, 2.45) is 11.8 Å². The Morgan fingerprint density at radius 2 is 1.84 bits per heavy atom. The maximum Gasteiger partial charge on any atom is 0.326 e. The predicted octanol–water partition coefficient (Wildman–Crippen LogP) is 5.27. The lowest BCUT2D eigenvalue weighted by molar-refractivity contribution is -0.144. The van der Waals surface area contributed by atoms with Gasteiger partial charge in [0.15, 0.2) is 0 Å². The molecular formula is C27H31BrN4O4S. The van der Waals surface area contributed by atoms with Crippen LogP contribution >= 0.6 is 27.3 Å². The summed E-state index contributed by atoms with van der Waals surface area (Å²) in [7, 11) is 0. The zero-order valence-electron chi connectivity index (χ0n) is 20.8. The Morgan fingerprint density at radius 1 is 1.14 bits per heavy atom. The van der Waals surface area contributed by atoms with E-state index in [1.807, 2.05) is 56.3 Å². The minimum atomic E-state index is -1.01. The number of aromatic nitrogens is 2. The average Bonchev–Trinajstić information content (AvgIpc) is 3.54. The van der Waals surface area contributed by atoms with Gasteiger partial charge in [0.1, 0.15) is 11.7 Å². The Hall–Kier alpha value is -2.98. The van der Waals surface area contributed by atoms with Gasteiger partial charge in [-0.05, 0) is 71.8 Å². The molecule has 10 heteroatoms. The van der Waals surface area contributed by atoms with E-state index in [-0.39, 0.29) is 29.7 Å². The maximum absolute atomic E-state index is 13.4. The molecule has 1 aliphatic carbocycles. The Labute approximate surface area is 228 Å². The summed E-state index contributed by atoms with van der Waals surface area (Å²) in [4.78, 5) is 38.6. The van der Waals surface area contributed by atoms with E-state index in [4.69, 9.17) is 5.10 Å². The van der Waals surface area contributed by atoms with Gasteiger partial charge in [-0.3, -0.25) is 9.59 Å². The Morgan fingerprint density at radius 3 is 2.43 bits per heavy atom. The monoisotopic (exact) mass is 586 g/mol. The molecule has 0 spiro atoms. The highest BCUT2D eigenvalue weighted by Gasteiger charge is 2.32. The highest BCUT2D eigenvalue weighted by Crippen LogP contribution is 2.33. The van der Waals surface area contributed by atoms with Crippen LogP contribution in [0.2, 0.25) is 0 Å². The molecule has 8 nitrogen and oxygen atoms in total. The highest BCUT2D eigenvalue weighted by molar-refractivity contribution is 9.11. The van der Waals surface area contributed by atoms with E-state index in [9.17, 15) is 19.5 Å². The van der Waals surface area contributed by atoms with E-state index in [2.05, 4.69) is 26.6 Å². The summed E-state index contributed by atoms with van der Waals surface area (Å²) in [5.74, 6) is -1.82. The van der Waals surface area contributed by atoms with Crippen molar-refractivity contribution >= 4 is 45.1 Å². The van der Waals surface area contributed by atoms with Gasteiger partial charge in [-0.1, -0.05) is 38.5 Å². The van der Waals surface area contributed by atoms with Crippen LogP contribution in [0.4, 0.5) is 0 Å². The number of nitrogens with zero attached hydrogens (tertiary/aromatic N) is 2. The normalized spacial score (nSPS) is 19.1. The fourth-order valence-corrected chi connectivity index (χ4v) is 5.98. The minimum Gasteiger partial charge on any atom is -0.480 e. The summed E-state index contributed by atoms with van der Waals surface area (Å²) < 4.78 is 2.67. The van der Waals surface area contributed by atoms with Gasteiger partial charge in [-0.25, -0.2) is 9.48 Å². The number of aliphatic carboxylic acids is 1. The fourth-order valence-electron chi connectivity index (χ4n) is 4.59. The van der Waals surface area contributed by atoms with Crippen molar-refractivity contribution in [3.63, 3.8) is 0 Å². The van der Waals surface area contributed by atoms with Gasteiger partial charge in [0.25, 0.3) is 5.91 Å². The van der Waals surface area contributed by atoms with Crippen molar-refractivity contribution in [3.05, 3.63) is 58.0 Å². The van der Waals surface area contributed by atoms with E-state index >= 15 is 0 Å². The molecule has 2 heterocycles. The molecule has 1 aromatic carbocycles. The summed E-state index contributed by atoms with van der Waals surface area (Å²) in [6.45, 7) is 3.74. The molecule has 1 fully saturated rings. The smallest absolute Gasteiger partial charge is 0.326 e. The first-order valence-electron chi connectivity index (χ1n) is 12.5. The number of carboxylic acid groups (broad SMARTS) is 1. The molecule has 0 aliphatic heterocycles. The molecule has 2 amide bonds. The third-order valence-electron chi connectivity index (χ3n) is 7.00. The molecular weight excluding hydrogens is 556 g/mol. The van der Waals surface area contributed by atoms with Crippen LogP contribution in [0, 0.1) is 11.8 Å². The largest absolute Gasteiger partial charge is 0.480 e. The van der Waals surface area contributed by atoms with E-state index in [1.165, 1.54) is 11.3 Å². The summed E-state index contributed by atoms with van der Waals surface area (Å²) in [5, 5.41) is 20.1. The van der Waals surface area contributed by atoms with Crippen LogP contribution in [-0.4, -0.2) is 44.8 Å². The van der Waals surface area contributed by atoms with Crippen molar-refractivity contribution in [2.75, 3.05) is 0 Å². The van der Waals surface area contributed by atoms with Gasteiger partial charge >= 0.3 is 5.97 Å². The maximum atomic E-state index is 13.4. The van der Waals surface area contributed by atoms with Gasteiger partial charge in [0, 0.05) is 18.2 Å². The number of carbonyl (C=O) groups is 3. The molecule has 2 aromatic heterocycles. The summed E-state index contributed by atoms with van der Waals surface area (Å²) in [5.41, 5.74) is 1.98.